The van der Waals surface area contributed by atoms with Gasteiger partial charge in [0.2, 0.25) is 0 Å². The molecule has 2 aromatic carbocycles. The van der Waals surface area contributed by atoms with Crippen LogP contribution in [0.5, 0.6) is 0 Å². The van der Waals surface area contributed by atoms with Crippen LogP contribution in [0.15, 0.2) is 54.6 Å². The first-order valence-corrected chi connectivity index (χ1v) is 6.51. The van der Waals surface area contributed by atoms with Crippen LogP contribution in [0.25, 0.3) is 0 Å². The van der Waals surface area contributed by atoms with E-state index >= 15 is 0 Å². The summed E-state index contributed by atoms with van der Waals surface area (Å²) >= 11 is 0. The van der Waals surface area contributed by atoms with Crippen LogP contribution in [-0.2, 0) is 0 Å². The fraction of sp³-hybridized carbons (Fsp3) is 0.176. The Labute approximate surface area is 119 Å². The van der Waals surface area contributed by atoms with Crippen LogP contribution in [0.2, 0.25) is 0 Å². The molecule has 20 heavy (non-hydrogen) atoms. The number of Topliss-reactive ketones (excluding diaryl/α,β-unsaturated/α-hetero) is 1. The minimum Gasteiger partial charge on any atom is -0.373 e. The molecule has 0 aliphatic carbocycles. The number of hydrogen-bond acceptors (Lipinski definition) is 3. The fourth-order valence-electron chi connectivity index (χ4n) is 2.06. The van der Waals surface area contributed by atoms with Crippen LogP contribution in [0.3, 0.4) is 0 Å². The molecule has 0 heterocycles. The minimum atomic E-state index is 0.117. The number of benzene rings is 2. The molecule has 100 valence electrons. The Morgan fingerprint density at radius 3 is 2.45 bits per heavy atom. The van der Waals surface area contributed by atoms with Gasteiger partial charge in [0.15, 0.2) is 5.78 Å². The third-order valence-electron chi connectivity index (χ3n) is 3.21. The second kappa shape index (κ2) is 6.53. The monoisotopic (exact) mass is 264 g/mol. The molecule has 2 rings (SSSR count). The molecule has 0 radical (unpaired) electrons. The van der Waals surface area contributed by atoms with Crippen LogP contribution in [0.1, 0.15) is 22.3 Å². The fourth-order valence-corrected chi connectivity index (χ4v) is 2.06. The summed E-state index contributed by atoms with van der Waals surface area (Å²) in [4.78, 5) is 14.0. The van der Waals surface area contributed by atoms with Gasteiger partial charge in [-0.25, -0.2) is 0 Å². The lowest BCUT2D eigenvalue weighted by Gasteiger charge is -2.19. The highest BCUT2D eigenvalue weighted by molar-refractivity contribution is 5.96. The number of carbonyl (C=O) groups excluding carboxylic acids is 1. The van der Waals surface area contributed by atoms with Crippen molar-refractivity contribution in [2.75, 3.05) is 18.5 Å². The van der Waals surface area contributed by atoms with Crippen molar-refractivity contribution in [2.24, 2.45) is 0 Å². The molecule has 0 saturated heterocycles. The van der Waals surface area contributed by atoms with E-state index in [0.717, 1.165) is 11.3 Å². The van der Waals surface area contributed by atoms with Crippen molar-refractivity contribution < 1.29 is 4.79 Å². The number of nitriles is 1. The van der Waals surface area contributed by atoms with E-state index in [1.54, 1.807) is 6.07 Å². The summed E-state index contributed by atoms with van der Waals surface area (Å²) in [6, 6.07) is 18.8. The van der Waals surface area contributed by atoms with Gasteiger partial charge in [0, 0.05) is 25.6 Å². The van der Waals surface area contributed by atoms with Gasteiger partial charge < -0.3 is 4.90 Å². The zero-order valence-electron chi connectivity index (χ0n) is 11.4. The second-order valence-electron chi connectivity index (χ2n) is 4.59. The van der Waals surface area contributed by atoms with E-state index in [1.165, 1.54) is 0 Å². The number of anilines is 1. The highest BCUT2D eigenvalue weighted by Crippen LogP contribution is 2.18. The molecule has 0 saturated carbocycles. The van der Waals surface area contributed by atoms with Crippen molar-refractivity contribution in [2.45, 2.75) is 6.42 Å². The first kappa shape index (κ1) is 13.8. The van der Waals surface area contributed by atoms with Crippen LogP contribution in [0.4, 0.5) is 5.69 Å². The van der Waals surface area contributed by atoms with Crippen molar-refractivity contribution in [3.05, 3.63) is 65.7 Å². The average Bonchev–Trinajstić information content (AvgIpc) is 2.53. The molecule has 0 N–H and O–H groups in total. The highest BCUT2D eigenvalue weighted by atomic mass is 16.1. The second-order valence-corrected chi connectivity index (χ2v) is 4.59. The van der Waals surface area contributed by atoms with Crippen LogP contribution in [0, 0.1) is 11.3 Å². The Kier molecular flexibility index (Phi) is 4.52. The van der Waals surface area contributed by atoms with Crippen LogP contribution >= 0.6 is 0 Å². The highest BCUT2D eigenvalue weighted by Gasteiger charge is 2.10. The standard InChI is InChI=1S/C17H16N2O/c1-19(16-10-6-5-9-15(16)13-18)12-11-17(20)14-7-3-2-4-8-14/h2-10H,11-12H2,1H3. The maximum absolute atomic E-state index is 12.0. The largest absolute Gasteiger partial charge is 0.373 e. The Morgan fingerprint density at radius 2 is 1.75 bits per heavy atom. The van der Waals surface area contributed by atoms with Crippen LogP contribution < -0.4 is 4.90 Å². The van der Waals surface area contributed by atoms with Gasteiger partial charge in [-0.3, -0.25) is 4.79 Å². The molecule has 0 unspecified atom stereocenters. The molecule has 0 aromatic heterocycles. The van der Waals surface area contributed by atoms with Gasteiger partial charge in [-0.05, 0) is 12.1 Å². The summed E-state index contributed by atoms with van der Waals surface area (Å²) in [5, 5.41) is 9.08. The van der Waals surface area contributed by atoms with Crippen molar-refractivity contribution in [3.8, 4) is 6.07 Å². The molecular formula is C17H16N2O. The lowest BCUT2D eigenvalue weighted by molar-refractivity contribution is 0.0985. The molecule has 0 bridgehead atoms. The SMILES string of the molecule is CN(CCC(=O)c1ccccc1)c1ccccc1C#N. The zero-order chi connectivity index (χ0) is 14.4. The third-order valence-corrected chi connectivity index (χ3v) is 3.21. The molecule has 2 aromatic rings. The predicted octanol–water partition coefficient (Wildman–Crippen LogP) is 3.27. The maximum Gasteiger partial charge on any atom is 0.164 e. The van der Waals surface area contributed by atoms with Crippen molar-refractivity contribution in [1.29, 1.82) is 5.26 Å². The molecule has 0 atom stereocenters. The van der Waals surface area contributed by atoms with E-state index in [-0.39, 0.29) is 5.78 Å². The number of nitrogens with zero attached hydrogens (tertiary/aromatic N) is 2. The quantitative estimate of drug-likeness (QED) is 0.778. The average molecular weight is 264 g/mol. The summed E-state index contributed by atoms with van der Waals surface area (Å²) in [5.74, 6) is 0.117. The summed E-state index contributed by atoms with van der Waals surface area (Å²) < 4.78 is 0. The van der Waals surface area contributed by atoms with Gasteiger partial charge in [-0.2, -0.15) is 5.26 Å². The Balaban J connectivity index is 2.01. The van der Waals surface area contributed by atoms with E-state index in [1.807, 2.05) is 60.5 Å². The molecule has 0 spiro atoms. The van der Waals surface area contributed by atoms with E-state index in [0.29, 0.717) is 18.5 Å². The summed E-state index contributed by atoms with van der Waals surface area (Å²) in [5.41, 5.74) is 2.22. The summed E-state index contributed by atoms with van der Waals surface area (Å²) in [7, 11) is 1.90. The van der Waals surface area contributed by atoms with Gasteiger partial charge in [-0.15, -0.1) is 0 Å². The van der Waals surface area contributed by atoms with Gasteiger partial charge in [0.1, 0.15) is 6.07 Å². The number of rotatable bonds is 5. The Hall–Kier alpha value is -2.60. The van der Waals surface area contributed by atoms with E-state index in [9.17, 15) is 4.79 Å². The van der Waals surface area contributed by atoms with Gasteiger partial charge in [-0.1, -0.05) is 42.5 Å². The normalized spacial score (nSPS) is 9.80. The van der Waals surface area contributed by atoms with Crippen LogP contribution in [-0.4, -0.2) is 19.4 Å². The van der Waals surface area contributed by atoms with Crippen molar-refractivity contribution >= 4 is 11.5 Å². The van der Waals surface area contributed by atoms with E-state index in [4.69, 9.17) is 5.26 Å². The molecule has 0 fully saturated rings. The number of carbonyl (C=O) groups is 1. The van der Waals surface area contributed by atoms with Gasteiger partial charge >= 0.3 is 0 Å². The van der Waals surface area contributed by atoms with Gasteiger partial charge in [0.05, 0.1) is 11.3 Å². The molecule has 0 aliphatic heterocycles. The molecule has 3 heteroatoms. The summed E-state index contributed by atoms with van der Waals surface area (Å²) in [6.45, 7) is 0.590. The molecular weight excluding hydrogens is 248 g/mol. The lowest BCUT2D eigenvalue weighted by Crippen LogP contribution is -2.22. The third kappa shape index (κ3) is 3.24. The maximum atomic E-state index is 12.0. The summed E-state index contributed by atoms with van der Waals surface area (Å²) in [6.07, 6.45) is 0.431. The predicted molar refractivity (Wildman–Crippen MR) is 79.8 cm³/mol. The van der Waals surface area contributed by atoms with E-state index in [2.05, 4.69) is 6.07 Å². The zero-order valence-corrected chi connectivity index (χ0v) is 11.4. The molecule has 3 nitrogen and oxygen atoms in total. The minimum absolute atomic E-state index is 0.117. The van der Waals surface area contributed by atoms with Gasteiger partial charge in [0.25, 0.3) is 0 Å². The smallest absolute Gasteiger partial charge is 0.164 e. The Morgan fingerprint density at radius 1 is 1.10 bits per heavy atom. The Bertz CT molecular complexity index is 629. The molecule has 0 amide bonds. The number of hydrogen-bond donors (Lipinski definition) is 0. The topological polar surface area (TPSA) is 44.1 Å². The first-order chi connectivity index (χ1) is 9.72. The molecule has 0 aliphatic rings. The number of ketones is 1. The van der Waals surface area contributed by atoms with E-state index < -0.39 is 0 Å². The van der Waals surface area contributed by atoms with Crippen molar-refractivity contribution in [3.63, 3.8) is 0 Å². The first-order valence-electron chi connectivity index (χ1n) is 6.51. The lowest BCUT2D eigenvalue weighted by atomic mass is 10.1. The van der Waals surface area contributed by atoms with Crippen molar-refractivity contribution in [1.82, 2.24) is 0 Å². The number of para-hydroxylation sites is 1.